The Balaban J connectivity index is 1.79. The molecule has 1 aliphatic rings. The number of likely N-dealkylation sites (tertiary alicyclic amines) is 1. The number of hydrogen-bond acceptors (Lipinski definition) is 2. The molecule has 1 aromatic carbocycles. The molecule has 0 atom stereocenters. The summed E-state index contributed by atoms with van der Waals surface area (Å²) in [5.41, 5.74) is 2.89. The third-order valence-electron chi connectivity index (χ3n) is 4.38. The molecule has 0 aromatic heterocycles. The van der Waals surface area contributed by atoms with E-state index in [1.165, 1.54) is 43.5 Å². The van der Waals surface area contributed by atoms with E-state index in [-0.39, 0.29) is 0 Å². The number of piperidine rings is 1. The van der Waals surface area contributed by atoms with Crippen LogP contribution in [0, 0.1) is 5.92 Å². The van der Waals surface area contributed by atoms with Crippen molar-refractivity contribution >= 4 is 0 Å². The highest BCUT2D eigenvalue weighted by Crippen LogP contribution is 2.21. The summed E-state index contributed by atoms with van der Waals surface area (Å²) < 4.78 is 0. The lowest BCUT2D eigenvalue weighted by molar-refractivity contribution is 0.175. The van der Waals surface area contributed by atoms with Crippen LogP contribution < -0.4 is 5.32 Å². The molecule has 0 amide bonds. The first-order valence-electron chi connectivity index (χ1n) is 7.76. The number of rotatable bonds is 6. The monoisotopic (exact) mass is 260 g/mol. The summed E-state index contributed by atoms with van der Waals surface area (Å²) in [6.45, 7) is 7.07. The molecule has 0 bridgehead atoms. The van der Waals surface area contributed by atoms with Crippen LogP contribution in [0.1, 0.15) is 37.3 Å². The molecule has 0 unspecified atom stereocenters. The van der Waals surface area contributed by atoms with Crippen molar-refractivity contribution in [1.29, 1.82) is 0 Å². The van der Waals surface area contributed by atoms with Crippen LogP contribution in [0.2, 0.25) is 0 Å². The molecule has 1 aromatic rings. The summed E-state index contributed by atoms with van der Waals surface area (Å²) in [4.78, 5) is 2.61. The van der Waals surface area contributed by atoms with Crippen LogP contribution in [-0.4, -0.2) is 31.6 Å². The lowest BCUT2D eigenvalue weighted by atomic mass is 9.94. The highest BCUT2D eigenvalue weighted by atomic mass is 15.1. The molecule has 2 nitrogen and oxygen atoms in total. The van der Waals surface area contributed by atoms with Crippen LogP contribution in [0.4, 0.5) is 0 Å². The molecule has 0 saturated carbocycles. The minimum absolute atomic E-state index is 0.972. The maximum atomic E-state index is 3.20. The second-order valence-corrected chi connectivity index (χ2v) is 5.80. The van der Waals surface area contributed by atoms with E-state index in [4.69, 9.17) is 0 Å². The van der Waals surface area contributed by atoms with Gasteiger partial charge in [0.05, 0.1) is 0 Å². The standard InChI is InChI=1S/C17H28N2/c1-3-15-9-12-19(13-10-15)14-17-6-4-16(5-7-17)8-11-18-2/h4-7,15,18H,3,8-14H2,1-2H3. The van der Waals surface area contributed by atoms with Gasteiger partial charge in [-0.25, -0.2) is 0 Å². The summed E-state index contributed by atoms with van der Waals surface area (Å²) in [5, 5.41) is 3.20. The second kappa shape index (κ2) is 7.66. The van der Waals surface area contributed by atoms with Gasteiger partial charge in [-0.15, -0.1) is 0 Å². The van der Waals surface area contributed by atoms with Gasteiger partial charge in [-0.2, -0.15) is 0 Å². The summed E-state index contributed by atoms with van der Waals surface area (Å²) in [7, 11) is 2.01. The zero-order chi connectivity index (χ0) is 13.5. The SMILES string of the molecule is CCC1CCN(Cc2ccc(CCNC)cc2)CC1. The third-order valence-corrected chi connectivity index (χ3v) is 4.38. The van der Waals surface area contributed by atoms with E-state index >= 15 is 0 Å². The lowest BCUT2D eigenvalue weighted by Gasteiger charge is -2.31. The van der Waals surface area contributed by atoms with Crippen molar-refractivity contribution in [2.45, 2.75) is 39.2 Å². The van der Waals surface area contributed by atoms with Gasteiger partial charge in [-0.05, 0) is 63.0 Å². The van der Waals surface area contributed by atoms with Crippen LogP contribution in [0.15, 0.2) is 24.3 Å². The Kier molecular flexibility index (Phi) is 5.87. The molecule has 1 N–H and O–H groups in total. The molecule has 0 spiro atoms. The summed E-state index contributed by atoms with van der Waals surface area (Å²) in [6, 6.07) is 9.17. The van der Waals surface area contributed by atoms with E-state index in [1.807, 2.05) is 7.05 Å². The van der Waals surface area contributed by atoms with Crippen LogP contribution in [0.3, 0.4) is 0 Å². The molecule has 2 rings (SSSR count). The van der Waals surface area contributed by atoms with Crippen molar-refractivity contribution in [2.24, 2.45) is 5.92 Å². The van der Waals surface area contributed by atoms with Gasteiger partial charge >= 0.3 is 0 Å². The highest BCUT2D eigenvalue weighted by molar-refractivity contribution is 5.22. The van der Waals surface area contributed by atoms with E-state index in [0.29, 0.717) is 0 Å². The fourth-order valence-electron chi connectivity index (χ4n) is 2.89. The van der Waals surface area contributed by atoms with E-state index in [1.54, 1.807) is 0 Å². The Labute approximate surface area is 118 Å². The van der Waals surface area contributed by atoms with E-state index < -0.39 is 0 Å². The first-order valence-corrected chi connectivity index (χ1v) is 7.76. The molecule has 1 fully saturated rings. The Bertz CT molecular complexity index is 350. The first-order chi connectivity index (χ1) is 9.31. The number of likely N-dealkylation sites (N-methyl/N-ethyl adjacent to an activating group) is 1. The maximum Gasteiger partial charge on any atom is 0.0233 e. The van der Waals surface area contributed by atoms with Crippen molar-refractivity contribution in [3.63, 3.8) is 0 Å². The quantitative estimate of drug-likeness (QED) is 0.845. The summed E-state index contributed by atoms with van der Waals surface area (Å²) in [6.07, 6.45) is 5.25. The third kappa shape index (κ3) is 4.63. The normalized spacial score (nSPS) is 17.8. The smallest absolute Gasteiger partial charge is 0.0233 e. The predicted octanol–water partition coefficient (Wildman–Crippen LogP) is 3.07. The molecule has 19 heavy (non-hydrogen) atoms. The van der Waals surface area contributed by atoms with Gasteiger partial charge in [0, 0.05) is 6.54 Å². The average molecular weight is 260 g/mol. The Morgan fingerprint density at radius 3 is 2.32 bits per heavy atom. The van der Waals surface area contributed by atoms with Crippen LogP contribution in [0.5, 0.6) is 0 Å². The number of nitrogens with one attached hydrogen (secondary N) is 1. The van der Waals surface area contributed by atoms with Gasteiger partial charge in [0.15, 0.2) is 0 Å². The minimum atomic E-state index is 0.972. The molecule has 1 heterocycles. The van der Waals surface area contributed by atoms with Crippen LogP contribution in [0.25, 0.3) is 0 Å². The zero-order valence-corrected chi connectivity index (χ0v) is 12.5. The van der Waals surface area contributed by atoms with Crippen molar-refractivity contribution < 1.29 is 0 Å². The Morgan fingerprint density at radius 1 is 1.11 bits per heavy atom. The highest BCUT2D eigenvalue weighted by Gasteiger charge is 2.17. The maximum absolute atomic E-state index is 3.20. The van der Waals surface area contributed by atoms with Crippen molar-refractivity contribution in [2.75, 3.05) is 26.7 Å². The largest absolute Gasteiger partial charge is 0.319 e. The Hall–Kier alpha value is -0.860. The molecule has 1 aliphatic heterocycles. The molecule has 106 valence electrons. The summed E-state index contributed by atoms with van der Waals surface area (Å²) in [5.74, 6) is 0.972. The molecule has 2 heteroatoms. The van der Waals surface area contributed by atoms with E-state index in [2.05, 4.69) is 41.4 Å². The molecular formula is C17H28N2. The van der Waals surface area contributed by atoms with Gasteiger partial charge in [-0.1, -0.05) is 37.6 Å². The molecular weight excluding hydrogens is 232 g/mol. The fraction of sp³-hybridized carbons (Fsp3) is 0.647. The van der Waals surface area contributed by atoms with Gasteiger partial charge in [0.25, 0.3) is 0 Å². The first kappa shape index (κ1) is 14.5. The lowest BCUT2D eigenvalue weighted by Crippen LogP contribution is -2.32. The fourth-order valence-corrected chi connectivity index (χ4v) is 2.89. The zero-order valence-electron chi connectivity index (χ0n) is 12.5. The topological polar surface area (TPSA) is 15.3 Å². The van der Waals surface area contributed by atoms with Crippen molar-refractivity contribution in [1.82, 2.24) is 10.2 Å². The van der Waals surface area contributed by atoms with Gasteiger partial charge in [-0.3, -0.25) is 4.90 Å². The number of benzene rings is 1. The van der Waals surface area contributed by atoms with Gasteiger partial charge in [0.2, 0.25) is 0 Å². The Morgan fingerprint density at radius 2 is 1.74 bits per heavy atom. The van der Waals surface area contributed by atoms with E-state index in [9.17, 15) is 0 Å². The minimum Gasteiger partial charge on any atom is -0.319 e. The predicted molar refractivity (Wildman–Crippen MR) is 82.4 cm³/mol. The van der Waals surface area contributed by atoms with E-state index in [0.717, 1.165) is 25.4 Å². The van der Waals surface area contributed by atoms with Crippen molar-refractivity contribution in [3.8, 4) is 0 Å². The van der Waals surface area contributed by atoms with Crippen LogP contribution in [-0.2, 0) is 13.0 Å². The molecule has 0 aliphatic carbocycles. The van der Waals surface area contributed by atoms with Gasteiger partial charge < -0.3 is 5.32 Å². The van der Waals surface area contributed by atoms with Gasteiger partial charge in [0.1, 0.15) is 0 Å². The van der Waals surface area contributed by atoms with Crippen LogP contribution >= 0.6 is 0 Å². The molecule has 1 saturated heterocycles. The number of hydrogen-bond donors (Lipinski definition) is 1. The average Bonchev–Trinajstić information content (AvgIpc) is 2.47. The number of nitrogens with zero attached hydrogens (tertiary/aromatic N) is 1. The summed E-state index contributed by atoms with van der Waals surface area (Å²) >= 11 is 0. The second-order valence-electron chi connectivity index (χ2n) is 5.80. The van der Waals surface area contributed by atoms with Crippen molar-refractivity contribution in [3.05, 3.63) is 35.4 Å². The molecule has 0 radical (unpaired) electrons.